The number of thiazole rings is 1. The molecular weight excluding hydrogens is 489 g/mol. The number of anilines is 1. The van der Waals surface area contributed by atoms with E-state index in [2.05, 4.69) is 27.3 Å². The van der Waals surface area contributed by atoms with Gasteiger partial charge in [0, 0.05) is 42.4 Å². The minimum Gasteiger partial charge on any atom is -0.302 e. The average molecular weight is 512 g/mol. The van der Waals surface area contributed by atoms with Crippen molar-refractivity contribution >= 4 is 56.2 Å². The molecule has 0 unspecified atom stereocenters. The number of nitrogens with zero attached hydrogens (tertiary/aromatic N) is 2. The van der Waals surface area contributed by atoms with Gasteiger partial charge in [0.15, 0.2) is 15.0 Å². The van der Waals surface area contributed by atoms with Crippen LogP contribution in [0, 0.1) is 0 Å². The van der Waals surface area contributed by atoms with Gasteiger partial charge in [0.05, 0.1) is 16.3 Å². The highest BCUT2D eigenvalue weighted by Gasteiger charge is 2.22. The summed E-state index contributed by atoms with van der Waals surface area (Å²) in [7, 11) is -3.55. The number of halogens is 2. The summed E-state index contributed by atoms with van der Waals surface area (Å²) in [6.07, 6.45) is 0.703. The van der Waals surface area contributed by atoms with Crippen LogP contribution in [0.3, 0.4) is 0 Å². The van der Waals surface area contributed by atoms with E-state index in [1.165, 1.54) is 41.2 Å². The molecule has 0 atom stereocenters. The molecule has 2 heterocycles. The van der Waals surface area contributed by atoms with E-state index in [1.54, 1.807) is 0 Å². The number of aromatic nitrogens is 1. The van der Waals surface area contributed by atoms with Gasteiger partial charge in [-0.25, -0.2) is 13.4 Å². The highest BCUT2D eigenvalue weighted by molar-refractivity contribution is 7.91. The number of carbonyl (C=O) groups is 1. The first kappa shape index (κ1) is 24.7. The molecule has 0 saturated heterocycles. The topological polar surface area (TPSA) is 79.4 Å². The Balaban J connectivity index is 0.00000289. The number of benzene rings is 2. The standard InChI is InChI=1S/C22H22ClN3O3S2.ClH/c23-17-6-8-18(9-7-17)31(28,29)13-11-21(27)25-22-24-19-10-12-26(15-20(19)30-22)14-16-4-2-1-3-5-16;/h1-9H,10-15H2,(H,24,25,27);1H. The third-order valence-electron chi connectivity index (χ3n) is 5.08. The van der Waals surface area contributed by atoms with Crippen molar-refractivity contribution in [2.75, 3.05) is 17.6 Å². The summed E-state index contributed by atoms with van der Waals surface area (Å²) in [6, 6.07) is 16.3. The smallest absolute Gasteiger partial charge is 0.227 e. The van der Waals surface area contributed by atoms with Crippen LogP contribution in [0.15, 0.2) is 59.5 Å². The van der Waals surface area contributed by atoms with Crippen LogP contribution in [-0.4, -0.2) is 36.5 Å². The molecule has 1 aromatic heterocycles. The lowest BCUT2D eigenvalue weighted by Crippen LogP contribution is -2.29. The first-order valence-corrected chi connectivity index (χ1v) is 12.8. The van der Waals surface area contributed by atoms with E-state index >= 15 is 0 Å². The second-order valence-electron chi connectivity index (χ2n) is 7.41. The highest BCUT2D eigenvalue weighted by atomic mass is 35.5. The molecule has 170 valence electrons. The molecule has 0 spiro atoms. The summed E-state index contributed by atoms with van der Waals surface area (Å²) in [6.45, 7) is 2.59. The molecule has 32 heavy (non-hydrogen) atoms. The van der Waals surface area contributed by atoms with Crippen molar-refractivity contribution in [3.63, 3.8) is 0 Å². The fourth-order valence-corrected chi connectivity index (χ4v) is 5.88. The molecule has 6 nitrogen and oxygen atoms in total. The lowest BCUT2D eigenvalue weighted by Gasteiger charge is -2.25. The predicted octanol–water partition coefficient (Wildman–Crippen LogP) is 4.58. The Hall–Kier alpha value is -1.97. The molecule has 0 radical (unpaired) electrons. The van der Waals surface area contributed by atoms with Crippen LogP contribution < -0.4 is 5.32 Å². The molecular formula is C22H23Cl2N3O3S2. The lowest BCUT2D eigenvalue weighted by molar-refractivity contribution is -0.115. The van der Waals surface area contributed by atoms with Crippen LogP contribution in [0.4, 0.5) is 5.13 Å². The summed E-state index contributed by atoms with van der Waals surface area (Å²) in [5.41, 5.74) is 2.28. The summed E-state index contributed by atoms with van der Waals surface area (Å²) >= 11 is 7.26. The van der Waals surface area contributed by atoms with E-state index in [9.17, 15) is 13.2 Å². The van der Waals surface area contributed by atoms with Crippen molar-refractivity contribution in [1.82, 2.24) is 9.88 Å². The van der Waals surface area contributed by atoms with Gasteiger partial charge in [0.2, 0.25) is 5.91 Å². The van der Waals surface area contributed by atoms with Gasteiger partial charge in [-0.2, -0.15) is 0 Å². The molecule has 3 aromatic rings. The molecule has 0 bridgehead atoms. The normalized spacial score (nSPS) is 13.8. The zero-order valence-corrected chi connectivity index (χ0v) is 20.4. The van der Waals surface area contributed by atoms with Gasteiger partial charge in [-0.05, 0) is 29.8 Å². The average Bonchev–Trinajstić information content (AvgIpc) is 3.15. The van der Waals surface area contributed by atoms with E-state index in [4.69, 9.17) is 11.6 Å². The second kappa shape index (κ2) is 10.8. The monoisotopic (exact) mass is 511 g/mol. The number of hydrogen-bond acceptors (Lipinski definition) is 6. The van der Waals surface area contributed by atoms with Gasteiger partial charge in [0.25, 0.3) is 0 Å². The highest BCUT2D eigenvalue weighted by Crippen LogP contribution is 2.29. The number of carbonyl (C=O) groups excluding carboxylic acids is 1. The Morgan fingerprint density at radius 2 is 1.84 bits per heavy atom. The fraction of sp³-hybridized carbons (Fsp3) is 0.273. The van der Waals surface area contributed by atoms with Crippen LogP contribution in [0.2, 0.25) is 5.02 Å². The number of sulfone groups is 1. The quantitative estimate of drug-likeness (QED) is 0.502. The Labute approximate surface area is 203 Å². The predicted molar refractivity (Wildman–Crippen MR) is 130 cm³/mol. The van der Waals surface area contributed by atoms with Crippen LogP contribution in [0.5, 0.6) is 0 Å². The largest absolute Gasteiger partial charge is 0.302 e. The van der Waals surface area contributed by atoms with E-state index in [-0.39, 0.29) is 35.4 Å². The van der Waals surface area contributed by atoms with Crippen LogP contribution in [0.25, 0.3) is 0 Å². The molecule has 1 amide bonds. The van der Waals surface area contributed by atoms with Crippen LogP contribution in [-0.2, 0) is 34.1 Å². The maximum atomic E-state index is 12.4. The van der Waals surface area contributed by atoms with Crippen LogP contribution in [0.1, 0.15) is 22.6 Å². The third kappa shape index (κ3) is 6.30. The number of fused-ring (bicyclic) bond motifs is 1. The minimum absolute atomic E-state index is 0. The van der Waals surface area contributed by atoms with Crippen molar-refractivity contribution in [3.05, 3.63) is 75.8 Å². The first-order valence-electron chi connectivity index (χ1n) is 9.92. The molecule has 2 aromatic carbocycles. The number of hydrogen-bond donors (Lipinski definition) is 1. The summed E-state index contributed by atoms with van der Waals surface area (Å²) in [5, 5.41) is 3.75. The maximum absolute atomic E-state index is 12.4. The lowest BCUT2D eigenvalue weighted by atomic mass is 10.1. The summed E-state index contributed by atoms with van der Waals surface area (Å²) < 4.78 is 24.8. The molecule has 1 aliphatic heterocycles. The molecule has 4 rings (SSSR count). The molecule has 10 heteroatoms. The summed E-state index contributed by atoms with van der Waals surface area (Å²) in [5.74, 6) is -0.624. The number of amides is 1. The Kier molecular flexibility index (Phi) is 8.30. The zero-order chi connectivity index (χ0) is 21.8. The molecule has 1 aliphatic rings. The Morgan fingerprint density at radius 3 is 2.56 bits per heavy atom. The molecule has 1 N–H and O–H groups in total. The fourth-order valence-electron chi connectivity index (χ4n) is 3.45. The van der Waals surface area contributed by atoms with Gasteiger partial charge in [-0.15, -0.1) is 23.7 Å². The van der Waals surface area contributed by atoms with Gasteiger partial charge in [-0.1, -0.05) is 41.9 Å². The molecule has 0 saturated carbocycles. The van der Waals surface area contributed by atoms with Crippen molar-refractivity contribution in [3.8, 4) is 0 Å². The van der Waals surface area contributed by atoms with Crippen molar-refractivity contribution in [1.29, 1.82) is 0 Å². The maximum Gasteiger partial charge on any atom is 0.227 e. The van der Waals surface area contributed by atoms with Crippen molar-refractivity contribution in [2.24, 2.45) is 0 Å². The van der Waals surface area contributed by atoms with Gasteiger partial charge >= 0.3 is 0 Å². The summed E-state index contributed by atoms with van der Waals surface area (Å²) in [4.78, 5) is 20.5. The second-order valence-corrected chi connectivity index (χ2v) is 11.0. The Bertz CT molecular complexity index is 1170. The number of rotatable bonds is 7. The van der Waals surface area contributed by atoms with Crippen molar-refractivity contribution < 1.29 is 13.2 Å². The number of nitrogens with one attached hydrogen (secondary N) is 1. The minimum atomic E-state index is -3.55. The molecule has 0 fully saturated rings. The molecule has 0 aliphatic carbocycles. The van der Waals surface area contributed by atoms with E-state index in [1.807, 2.05) is 18.2 Å². The SMILES string of the molecule is Cl.O=C(CCS(=O)(=O)c1ccc(Cl)cc1)Nc1nc2c(s1)CN(Cc1ccccc1)CC2. The first-order chi connectivity index (χ1) is 14.9. The van der Waals surface area contributed by atoms with E-state index in [0.717, 1.165) is 36.6 Å². The van der Waals surface area contributed by atoms with E-state index < -0.39 is 9.84 Å². The zero-order valence-electron chi connectivity index (χ0n) is 17.2. The van der Waals surface area contributed by atoms with Gasteiger partial charge in [0.1, 0.15) is 0 Å². The third-order valence-corrected chi connectivity index (χ3v) is 8.06. The van der Waals surface area contributed by atoms with Crippen molar-refractivity contribution in [2.45, 2.75) is 30.8 Å². The van der Waals surface area contributed by atoms with Gasteiger partial charge in [-0.3, -0.25) is 9.69 Å². The Morgan fingerprint density at radius 1 is 1.12 bits per heavy atom. The van der Waals surface area contributed by atoms with Gasteiger partial charge < -0.3 is 5.32 Å². The van der Waals surface area contributed by atoms with E-state index in [0.29, 0.717) is 10.2 Å². The van der Waals surface area contributed by atoms with Crippen LogP contribution >= 0.6 is 35.3 Å².